The highest BCUT2D eigenvalue weighted by Crippen LogP contribution is 2.26. The van der Waals surface area contributed by atoms with Crippen molar-refractivity contribution in [2.24, 2.45) is 5.92 Å². The highest BCUT2D eigenvalue weighted by Gasteiger charge is 2.22. The summed E-state index contributed by atoms with van der Waals surface area (Å²) in [6.45, 7) is 3.85. The normalized spacial score (nSPS) is 17.4. The largest absolute Gasteiger partial charge is 0.375 e. The number of hydrogen-bond donors (Lipinski definition) is 1. The van der Waals surface area contributed by atoms with Crippen LogP contribution in [0.2, 0.25) is 0 Å². The summed E-state index contributed by atoms with van der Waals surface area (Å²) < 4.78 is 7.88. The van der Waals surface area contributed by atoms with Crippen LogP contribution in [0.5, 0.6) is 0 Å². The zero-order chi connectivity index (χ0) is 16.2. The Kier molecular flexibility index (Phi) is 4.64. The number of thiophene rings is 1. The number of nitrogens with one attached hydrogen (secondary N) is 1. The van der Waals surface area contributed by atoms with Crippen molar-refractivity contribution >= 4 is 11.3 Å². The molecule has 0 fully saturated rings. The van der Waals surface area contributed by atoms with Crippen molar-refractivity contribution in [2.45, 2.75) is 19.7 Å². The van der Waals surface area contributed by atoms with Crippen LogP contribution in [-0.4, -0.2) is 33.1 Å². The molecule has 0 unspecified atom stereocenters. The van der Waals surface area contributed by atoms with Crippen molar-refractivity contribution < 1.29 is 4.74 Å². The molecule has 1 N–H and O–H groups in total. The minimum absolute atomic E-state index is 0.380. The molecule has 0 aromatic carbocycles. The summed E-state index contributed by atoms with van der Waals surface area (Å²) in [7, 11) is 0. The van der Waals surface area contributed by atoms with Crippen molar-refractivity contribution in [1.82, 2.24) is 25.3 Å². The smallest absolute Gasteiger partial charge is 0.119 e. The van der Waals surface area contributed by atoms with Crippen LogP contribution in [0, 0.1) is 5.92 Å². The Morgan fingerprint density at radius 3 is 3.04 bits per heavy atom. The molecule has 3 aromatic rings. The third-order valence-corrected chi connectivity index (χ3v) is 4.85. The van der Waals surface area contributed by atoms with Crippen LogP contribution in [0.1, 0.15) is 11.3 Å². The molecule has 0 aliphatic carbocycles. The number of hydrogen-bond acceptors (Lipinski definition) is 6. The van der Waals surface area contributed by atoms with Crippen LogP contribution >= 0.6 is 11.3 Å². The molecule has 0 bridgehead atoms. The van der Waals surface area contributed by atoms with Gasteiger partial charge >= 0.3 is 0 Å². The minimum atomic E-state index is 0.380. The molecule has 4 rings (SSSR count). The average Bonchev–Trinajstić information content (AvgIpc) is 3.22. The quantitative estimate of drug-likeness (QED) is 0.772. The molecular formula is C17H19N5OS. The molecular weight excluding hydrogens is 322 g/mol. The maximum atomic E-state index is 5.89. The Hall–Kier alpha value is -2.09. The molecule has 1 aliphatic rings. The lowest BCUT2D eigenvalue weighted by Crippen LogP contribution is -2.28. The summed E-state index contributed by atoms with van der Waals surface area (Å²) in [5.41, 5.74) is 4.38. The number of nitrogens with zero attached hydrogens (tertiary/aromatic N) is 4. The van der Waals surface area contributed by atoms with E-state index in [0.717, 1.165) is 43.2 Å². The second-order valence-corrected chi connectivity index (χ2v) is 6.73. The molecule has 0 amide bonds. The Morgan fingerprint density at radius 1 is 1.29 bits per heavy atom. The number of rotatable bonds is 5. The number of pyridine rings is 1. The molecule has 0 saturated carbocycles. The molecule has 7 heteroatoms. The molecule has 0 spiro atoms. The highest BCUT2D eigenvalue weighted by molar-refractivity contribution is 7.08. The zero-order valence-electron chi connectivity index (χ0n) is 13.3. The SMILES string of the molecule is c1cc(CNC[C@@H]2COCc3c(-c4ccsc4)nnn3C2)ccn1. The van der Waals surface area contributed by atoms with Gasteiger partial charge in [0.05, 0.1) is 18.9 Å². The molecule has 0 radical (unpaired) electrons. The first-order valence-electron chi connectivity index (χ1n) is 8.02. The zero-order valence-corrected chi connectivity index (χ0v) is 14.1. The van der Waals surface area contributed by atoms with E-state index in [4.69, 9.17) is 4.74 Å². The van der Waals surface area contributed by atoms with Gasteiger partial charge in [0.25, 0.3) is 0 Å². The second-order valence-electron chi connectivity index (χ2n) is 5.95. The van der Waals surface area contributed by atoms with E-state index in [0.29, 0.717) is 12.5 Å². The average molecular weight is 341 g/mol. The van der Waals surface area contributed by atoms with Gasteiger partial charge in [-0.2, -0.15) is 11.3 Å². The van der Waals surface area contributed by atoms with Gasteiger partial charge in [0.15, 0.2) is 0 Å². The van der Waals surface area contributed by atoms with Gasteiger partial charge in [-0.15, -0.1) is 5.10 Å². The third-order valence-electron chi connectivity index (χ3n) is 4.17. The Morgan fingerprint density at radius 2 is 2.21 bits per heavy atom. The number of aromatic nitrogens is 4. The van der Waals surface area contributed by atoms with E-state index < -0.39 is 0 Å². The van der Waals surface area contributed by atoms with E-state index in [2.05, 4.69) is 37.4 Å². The van der Waals surface area contributed by atoms with Crippen molar-refractivity contribution in [3.8, 4) is 11.3 Å². The lowest BCUT2D eigenvalue weighted by molar-refractivity contribution is 0.0942. The lowest BCUT2D eigenvalue weighted by atomic mass is 10.1. The Labute approximate surface area is 144 Å². The van der Waals surface area contributed by atoms with Gasteiger partial charge in [0.1, 0.15) is 5.69 Å². The van der Waals surface area contributed by atoms with Gasteiger partial charge in [0, 0.05) is 48.9 Å². The molecule has 3 aromatic heterocycles. The fraction of sp³-hybridized carbons (Fsp3) is 0.353. The summed E-state index contributed by atoms with van der Waals surface area (Å²) in [5, 5.41) is 16.4. The van der Waals surface area contributed by atoms with Gasteiger partial charge in [-0.1, -0.05) is 5.21 Å². The Balaban J connectivity index is 1.40. The fourth-order valence-corrected chi connectivity index (χ4v) is 3.55. The van der Waals surface area contributed by atoms with Gasteiger partial charge in [0.2, 0.25) is 0 Å². The summed E-state index contributed by atoms with van der Waals surface area (Å²) in [6.07, 6.45) is 3.64. The second kappa shape index (κ2) is 7.21. The van der Waals surface area contributed by atoms with Gasteiger partial charge in [-0.25, -0.2) is 4.68 Å². The van der Waals surface area contributed by atoms with Crippen LogP contribution in [0.15, 0.2) is 41.4 Å². The van der Waals surface area contributed by atoms with Crippen LogP contribution in [-0.2, 0) is 24.4 Å². The molecule has 6 nitrogen and oxygen atoms in total. The van der Waals surface area contributed by atoms with Crippen LogP contribution in [0.3, 0.4) is 0 Å². The predicted octanol–water partition coefficient (Wildman–Crippen LogP) is 2.34. The van der Waals surface area contributed by atoms with Crippen molar-refractivity contribution in [1.29, 1.82) is 0 Å². The summed E-state index contributed by atoms with van der Waals surface area (Å²) in [4.78, 5) is 4.04. The summed E-state index contributed by atoms with van der Waals surface area (Å²) in [5.74, 6) is 0.380. The van der Waals surface area contributed by atoms with E-state index in [1.165, 1.54) is 5.56 Å². The topological polar surface area (TPSA) is 64.9 Å². The van der Waals surface area contributed by atoms with E-state index in [1.54, 1.807) is 11.3 Å². The number of ether oxygens (including phenoxy) is 1. The maximum absolute atomic E-state index is 5.89. The van der Waals surface area contributed by atoms with Crippen LogP contribution in [0.4, 0.5) is 0 Å². The molecule has 0 saturated heterocycles. The highest BCUT2D eigenvalue weighted by atomic mass is 32.1. The van der Waals surface area contributed by atoms with Gasteiger partial charge in [-0.05, 0) is 29.1 Å². The van der Waals surface area contributed by atoms with E-state index in [-0.39, 0.29) is 0 Å². The predicted molar refractivity (Wildman–Crippen MR) is 92.4 cm³/mol. The van der Waals surface area contributed by atoms with Crippen molar-refractivity contribution in [3.63, 3.8) is 0 Å². The standard InChI is InChI=1S/C17H19N5OS/c1-4-18-5-2-13(1)7-19-8-14-9-22-16(11-23-10-14)17(20-21-22)15-3-6-24-12-15/h1-6,12,14,19H,7-11H2/t14-/m0/s1. The summed E-state index contributed by atoms with van der Waals surface area (Å²) in [6, 6.07) is 6.13. The Bertz CT molecular complexity index is 772. The molecule has 24 heavy (non-hydrogen) atoms. The molecule has 1 aliphatic heterocycles. The monoisotopic (exact) mass is 341 g/mol. The van der Waals surface area contributed by atoms with E-state index in [9.17, 15) is 0 Å². The number of fused-ring (bicyclic) bond motifs is 1. The molecule has 124 valence electrons. The van der Waals surface area contributed by atoms with Crippen molar-refractivity contribution in [2.75, 3.05) is 13.2 Å². The van der Waals surface area contributed by atoms with E-state index >= 15 is 0 Å². The van der Waals surface area contributed by atoms with E-state index in [1.807, 2.05) is 29.2 Å². The molecule has 1 atom stereocenters. The lowest BCUT2D eigenvalue weighted by Gasteiger charge is -2.14. The van der Waals surface area contributed by atoms with Crippen molar-refractivity contribution in [3.05, 3.63) is 52.6 Å². The summed E-state index contributed by atoms with van der Waals surface area (Å²) >= 11 is 1.67. The first-order chi connectivity index (χ1) is 11.9. The van der Waals surface area contributed by atoms with Gasteiger partial charge in [-0.3, -0.25) is 4.98 Å². The van der Waals surface area contributed by atoms with Crippen LogP contribution in [0.25, 0.3) is 11.3 Å². The first-order valence-corrected chi connectivity index (χ1v) is 8.97. The molecule has 4 heterocycles. The fourth-order valence-electron chi connectivity index (χ4n) is 2.91. The minimum Gasteiger partial charge on any atom is -0.375 e. The maximum Gasteiger partial charge on any atom is 0.119 e. The van der Waals surface area contributed by atoms with Crippen LogP contribution < -0.4 is 5.32 Å². The third kappa shape index (κ3) is 3.38. The van der Waals surface area contributed by atoms with Gasteiger partial charge < -0.3 is 10.1 Å². The first kappa shape index (κ1) is 15.4.